The van der Waals surface area contributed by atoms with Gasteiger partial charge in [-0.3, -0.25) is 0 Å². The van der Waals surface area contributed by atoms with Crippen molar-refractivity contribution in [1.82, 2.24) is 9.13 Å². The van der Waals surface area contributed by atoms with Gasteiger partial charge in [-0.05, 0) is 139 Å². The van der Waals surface area contributed by atoms with Gasteiger partial charge in [0, 0.05) is 54.7 Å². The zero-order valence-electron chi connectivity index (χ0n) is 58.3. The number of nitrogens with zero attached hydrogens (tertiary/aromatic N) is 2. The van der Waals surface area contributed by atoms with E-state index >= 15 is 0 Å². The van der Waals surface area contributed by atoms with Crippen molar-refractivity contribution < 1.29 is 36.4 Å². The van der Waals surface area contributed by atoms with E-state index in [1.165, 1.54) is 67.8 Å². The molecule has 91 heavy (non-hydrogen) atoms. The fourth-order valence-corrected chi connectivity index (χ4v) is 17.4. The van der Waals surface area contributed by atoms with E-state index < -0.39 is 0 Å². The van der Waals surface area contributed by atoms with Crippen LogP contribution in [-0.4, -0.2) is 41.6 Å². The maximum Gasteiger partial charge on any atom is 2.00 e. The second kappa shape index (κ2) is 27.2. The summed E-state index contributed by atoms with van der Waals surface area (Å²) in [5, 5.41) is 31.2. The van der Waals surface area contributed by atoms with Crippen molar-refractivity contribution in [3.8, 4) is 22.9 Å². The van der Waals surface area contributed by atoms with Crippen LogP contribution in [0, 0.1) is 13.8 Å². The summed E-state index contributed by atoms with van der Waals surface area (Å²) in [7, 11) is -0.634. The fraction of sp³-hybridized carbons (Fsp3) is 0.381. The van der Waals surface area contributed by atoms with Crippen molar-refractivity contribution in [2.24, 2.45) is 0 Å². The molecule has 0 aliphatic heterocycles. The van der Waals surface area contributed by atoms with Gasteiger partial charge in [-0.15, -0.1) is 24.3 Å². The molecule has 0 saturated heterocycles. The molecule has 0 spiro atoms. The van der Waals surface area contributed by atoms with E-state index in [2.05, 4.69) is 245 Å². The Labute approximate surface area is 572 Å². The predicted octanol–water partition coefficient (Wildman–Crippen LogP) is 23.2. The third kappa shape index (κ3) is 15.8. The standard InChI is InChI=1S/C70H90N2O2S2.2C7H7.Zr/c1-65(2,3)45-25-29-55-51(35-45)52-36-46(66(4,5)6)26-30-56(52)71(55)59-39-49(69(13,14)15)33-43(63(59)73)41-75(19)61-23-21-22-24-62(61)76(20)42-44-34-50(70(16,17)18)40-60(64(44)74)72-57-31-27-47(67(7,8)9)37-53(57)54-38-48(68(10,11)12)28-32-58(54)72;2*1-7-5-3-2-4-6-7;/h25-40,61-62,73-74H,19-24,41-42H2,1-18H3;2*2-6H,1H2;/q;2*-1;+2/t61-,62-,75?,76?;;;/m0.../s1. The Morgan fingerprint density at radius 1 is 0.374 bits per heavy atom. The summed E-state index contributed by atoms with van der Waals surface area (Å²) in [5.41, 5.74) is 17.4. The Hall–Kier alpha value is -5.98. The zero-order chi connectivity index (χ0) is 65.8. The third-order valence-corrected chi connectivity index (χ3v) is 22.8. The molecule has 1 fully saturated rings. The molecule has 1 saturated carbocycles. The molecule has 2 aromatic heterocycles. The summed E-state index contributed by atoms with van der Waals surface area (Å²) < 4.78 is 4.65. The van der Waals surface area contributed by atoms with Crippen molar-refractivity contribution in [2.45, 2.75) is 205 Å². The van der Waals surface area contributed by atoms with Crippen molar-refractivity contribution >= 4 is 76.3 Å². The number of hydrogen-bond acceptors (Lipinski definition) is 2. The topological polar surface area (TPSA) is 50.3 Å². The zero-order valence-corrected chi connectivity index (χ0v) is 62.4. The van der Waals surface area contributed by atoms with Gasteiger partial charge >= 0.3 is 26.2 Å². The predicted molar refractivity (Wildman–Crippen MR) is 402 cm³/mol. The Balaban J connectivity index is 0.000000628. The molecule has 4 atom stereocenters. The Morgan fingerprint density at radius 2 is 0.626 bits per heavy atom. The van der Waals surface area contributed by atoms with Crippen molar-refractivity contribution in [3.05, 3.63) is 227 Å². The number of aromatic nitrogens is 2. The maximum atomic E-state index is 12.8. The molecule has 7 heteroatoms. The van der Waals surface area contributed by atoms with Gasteiger partial charge in [0.05, 0.1) is 33.4 Å². The summed E-state index contributed by atoms with van der Waals surface area (Å²) in [4.78, 5) is 0. The first-order valence-corrected chi connectivity index (χ1v) is 35.8. The SMILES string of the molecule is C=S(Cc1cc(C(C)(C)C)cc(-n2c3ccc(C(C)(C)C)cc3c3cc(C(C)(C)C)ccc32)c1O)[C@H]1CCCC[C@@H]1S(=C)Cc1cc(C(C)(C)C)cc(-n2c3ccc(C(C)(C)C)cc3c3cc(C(C)(C)C)ccc32)c1O.[CH2-]c1ccccc1.[CH2-]c1ccccc1.[Zr+2]. The third-order valence-electron chi connectivity index (χ3n) is 18.4. The van der Waals surface area contributed by atoms with Crippen LogP contribution in [0.25, 0.3) is 55.0 Å². The fourth-order valence-electron chi connectivity index (χ4n) is 12.6. The Morgan fingerprint density at radius 3 is 0.846 bits per heavy atom. The summed E-state index contributed by atoms with van der Waals surface area (Å²) in [5.74, 6) is 12.1. The van der Waals surface area contributed by atoms with Crippen LogP contribution >= 0.6 is 21.0 Å². The van der Waals surface area contributed by atoms with Gasteiger partial charge in [0.2, 0.25) is 0 Å². The van der Waals surface area contributed by atoms with Gasteiger partial charge in [0.1, 0.15) is 11.5 Å². The van der Waals surface area contributed by atoms with Gasteiger partial charge in [-0.2, -0.15) is 70.2 Å². The van der Waals surface area contributed by atoms with Crippen LogP contribution < -0.4 is 0 Å². The second-order valence-corrected chi connectivity index (χ2v) is 35.7. The van der Waals surface area contributed by atoms with E-state index in [-0.39, 0.29) is 79.7 Å². The first kappa shape index (κ1) is 70.9. The quantitative estimate of drug-likeness (QED) is 0.118. The molecule has 11 rings (SSSR count). The minimum atomic E-state index is -0.317. The van der Waals surface area contributed by atoms with Crippen LogP contribution in [0.5, 0.6) is 11.5 Å². The first-order valence-electron chi connectivity index (χ1n) is 32.6. The summed E-state index contributed by atoms with van der Waals surface area (Å²) >= 11 is 0. The van der Waals surface area contributed by atoms with Crippen LogP contribution in [-0.2, 0) is 70.2 Å². The van der Waals surface area contributed by atoms with Crippen LogP contribution in [0.2, 0.25) is 0 Å². The molecule has 10 aromatic rings. The molecule has 2 N–H and O–H groups in total. The average Bonchev–Trinajstić information content (AvgIpc) is 1.61. The van der Waals surface area contributed by atoms with Crippen LogP contribution in [0.15, 0.2) is 158 Å². The second-order valence-electron chi connectivity index (χ2n) is 31.8. The van der Waals surface area contributed by atoms with Crippen LogP contribution in [0.1, 0.15) is 206 Å². The molecule has 478 valence electrons. The molecule has 0 bridgehead atoms. The van der Waals surface area contributed by atoms with Crippen LogP contribution in [0.4, 0.5) is 0 Å². The van der Waals surface area contributed by atoms with Crippen molar-refractivity contribution in [3.63, 3.8) is 0 Å². The number of hydrogen-bond donors (Lipinski definition) is 2. The van der Waals surface area contributed by atoms with Gasteiger partial charge < -0.3 is 19.3 Å². The van der Waals surface area contributed by atoms with E-state index in [0.717, 1.165) is 68.5 Å². The van der Waals surface area contributed by atoms with E-state index in [9.17, 15) is 10.2 Å². The minimum Gasteiger partial charge on any atom is -0.505 e. The van der Waals surface area contributed by atoms with E-state index in [0.29, 0.717) is 33.5 Å². The molecular formula is C84H104N2O2S2Zr. The Bertz CT molecular complexity index is 3850. The smallest absolute Gasteiger partial charge is 0.505 e. The number of phenolic OH excluding ortho intramolecular Hbond substituents is 2. The van der Waals surface area contributed by atoms with Gasteiger partial charge in [-0.1, -0.05) is 198 Å². The molecule has 4 nitrogen and oxygen atoms in total. The summed E-state index contributed by atoms with van der Waals surface area (Å²) in [6, 6.07) is 56.5. The maximum absolute atomic E-state index is 12.8. The first-order chi connectivity index (χ1) is 41.9. The largest absolute Gasteiger partial charge is 2.00 e. The number of fused-ring (bicyclic) bond motifs is 6. The van der Waals surface area contributed by atoms with Crippen molar-refractivity contribution in [1.29, 1.82) is 0 Å². The molecule has 8 aromatic carbocycles. The summed E-state index contributed by atoms with van der Waals surface area (Å²) in [6.07, 6.45) is 4.52. The normalized spacial score (nSPS) is 15.8. The molecule has 2 heterocycles. The van der Waals surface area contributed by atoms with Gasteiger partial charge in [-0.25, -0.2) is 0 Å². The summed E-state index contributed by atoms with van der Waals surface area (Å²) in [6.45, 7) is 48.5. The number of aromatic hydroxyl groups is 2. The number of phenols is 2. The average molecular weight is 1330 g/mol. The molecule has 2 unspecified atom stereocenters. The molecule has 1 aliphatic carbocycles. The molecule has 0 radical (unpaired) electrons. The number of rotatable bonds is 8. The van der Waals surface area contributed by atoms with E-state index in [1.54, 1.807) is 0 Å². The Kier molecular flexibility index (Phi) is 21.2. The van der Waals surface area contributed by atoms with E-state index in [4.69, 9.17) is 11.7 Å². The molecule has 1 aliphatic rings. The van der Waals surface area contributed by atoms with Gasteiger partial charge in [0.25, 0.3) is 0 Å². The van der Waals surface area contributed by atoms with Gasteiger partial charge in [0.15, 0.2) is 0 Å². The molecule has 0 amide bonds. The molecular weight excluding hydrogens is 1220 g/mol. The minimum absolute atomic E-state index is 0. The van der Waals surface area contributed by atoms with Crippen LogP contribution in [0.3, 0.4) is 0 Å². The van der Waals surface area contributed by atoms with Crippen molar-refractivity contribution in [2.75, 3.05) is 0 Å². The monoisotopic (exact) mass is 1330 g/mol. The number of benzene rings is 8. The van der Waals surface area contributed by atoms with E-state index in [1.807, 2.05) is 60.7 Å².